The Morgan fingerprint density at radius 3 is 2.92 bits per heavy atom. The van der Waals surface area contributed by atoms with E-state index in [0.29, 0.717) is 8.27 Å². The summed E-state index contributed by atoms with van der Waals surface area (Å²) in [5.74, 6) is -0.148. The number of halogens is 2. The molecular formula is C9H6FIOS. The largest absolute Gasteiger partial charge is 0.392 e. The Morgan fingerprint density at radius 1 is 1.46 bits per heavy atom. The number of aliphatic hydroxyl groups excluding tert-OH is 1. The molecule has 1 aromatic carbocycles. The Kier molecular flexibility index (Phi) is 2.53. The van der Waals surface area contributed by atoms with Gasteiger partial charge in [-0.05, 0) is 34.2 Å². The van der Waals surface area contributed by atoms with E-state index in [1.165, 1.54) is 11.3 Å². The van der Waals surface area contributed by atoms with Gasteiger partial charge >= 0.3 is 0 Å². The van der Waals surface area contributed by atoms with Gasteiger partial charge in [0.25, 0.3) is 0 Å². The van der Waals surface area contributed by atoms with Crippen LogP contribution >= 0.6 is 33.9 Å². The second-order valence-electron chi connectivity index (χ2n) is 2.68. The first kappa shape index (κ1) is 9.36. The Hall–Kier alpha value is -0.200. The van der Waals surface area contributed by atoms with E-state index in [-0.39, 0.29) is 12.4 Å². The molecule has 1 heterocycles. The van der Waals surface area contributed by atoms with Crippen molar-refractivity contribution in [1.82, 2.24) is 0 Å². The van der Waals surface area contributed by atoms with Crippen LogP contribution in [0, 0.1) is 8.70 Å². The summed E-state index contributed by atoms with van der Waals surface area (Å²) in [6, 6.07) is 5.29. The molecule has 2 aromatic rings. The molecule has 0 aliphatic carbocycles. The molecule has 0 saturated carbocycles. The molecule has 1 N–H and O–H groups in total. The van der Waals surface area contributed by atoms with Crippen molar-refractivity contribution in [2.75, 3.05) is 0 Å². The first-order valence-electron chi connectivity index (χ1n) is 3.69. The highest BCUT2D eigenvalue weighted by atomic mass is 127. The van der Waals surface area contributed by atoms with Crippen LogP contribution in [0.5, 0.6) is 0 Å². The zero-order chi connectivity index (χ0) is 9.42. The number of fused-ring (bicyclic) bond motifs is 1. The summed E-state index contributed by atoms with van der Waals surface area (Å²) in [5.41, 5.74) is 0.824. The first-order valence-corrected chi connectivity index (χ1v) is 5.59. The van der Waals surface area contributed by atoms with E-state index in [0.717, 1.165) is 10.3 Å². The summed E-state index contributed by atoms with van der Waals surface area (Å²) >= 11 is 3.39. The van der Waals surface area contributed by atoms with E-state index in [9.17, 15) is 4.39 Å². The third-order valence-corrected chi connectivity index (χ3v) is 3.89. The maximum atomic E-state index is 13.3. The summed E-state index contributed by atoms with van der Waals surface area (Å²) in [7, 11) is 0. The van der Waals surface area contributed by atoms with Crippen LogP contribution in [0.1, 0.15) is 5.56 Å². The van der Waals surface area contributed by atoms with Gasteiger partial charge in [0.05, 0.1) is 6.61 Å². The van der Waals surface area contributed by atoms with Gasteiger partial charge in [-0.1, -0.05) is 12.1 Å². The van der Waals surface area contributed by atoms with Crippen molar-refractivity contribution in [3.05, 3.63) is 32.5 Å². The van der Waals surface area contributed by atoms with Gasteiger partial charge in [0.2, 0.25) is 0 Å². The van der Waals surface area contributed by atoms with Crippen molar-refractivity contribution < 1.29 is 9.50 Å². The lowest BCUT2D eigenvalue weighted by molar-refractivity contribution is 0.282. The summed E-state index contributed by atoms with van der Waals surface area (Å²) in [5, 5.41) is 9.53. The molecule has 0 amide bonds. The first-order chi connectivity index (χ1) is 6.22. The van der Waals surface area contributed by atoms with Crippen LogP contribution in [0.3, 0.4) is 0 Å². The monoisotopic (exact) mass is 308 g/mol. The molecule has 0 fully saturated rings. The third-order valence-electron chi connectivity index (χ3n) is 1.84. The Morgan fingerprint density at radius 2 is 2.23 bits per heavy atom. The van der Waals surface area contributed by atoms with E-state index in [4.69, 9.17) is 5.11 Å². The lowest BCUT2D eigenvalue weighted by Crippen LogP contribution is -1.80. The fourth-order valence-corrected chi connectivity index (χ4v) is 3.05. The highest BCUT2D eigenvalue weighted by Gasteiger charge is 2.09. The smallest absolute Gasteiger partial charge is 0.155 e. The minimum atomic E-state index is -0.148. The van der Waals surface area contributed by atoms with Crippen molar-refractivity contribution in [3.8, 4) is 0 Å². The Bertz CT molecular complexity index is 452. The molecule has 68 valence electrons. The topological polar surface area (TPSA) is 20.2 Å². The fraction of sp³-hybridized carbons (Fsp3) is 0.111. The van der Waals surface area contributed by atoms with Gasteiger partial charge in [0.15, 0.2) is 5.82 Å². The summed E-state index contributed by atoms with van der Waals surface area (Å²) < 4.78 is 14.9. The van der Waals surface area contributed by atoms with Crippen LogP contribution in [0.25, 0.3) is 10.1 Å². The summed E-state index contributed by atoms with van der Waals surface area (Å²) in [6.07, 6.45) is 0. The quantitative estimate of drug-likeness (QED) is 0.803. The highest BCUT2D eigenvalue weighted by Crippen LogP contribution is 2.31. The number of rotatable bonds is 1. The normalized spacial score (nSPS) is 11.0. The van der Waals surface area contributed by atoms with Crippen LogP contribution in [-0.4, -0.2) is 5.11 Å². The number of thiophene rings is 1. The maximum Gasteiger partial charge on any atom is 0.155 e. The van der Waals surface area contributed by atoms with Gasteiger partial charge in [-0.25, -0.2) is 4.39 Å². The van der Waals surface area contributed by atoms with Crippen LogP contribution in [0.15, 0.2) is 18.2 Å². The van der Waals surface area contributed by atoms with Crippen LogP contribution < -0.4 is 0 Å². The molecule has 0 radical (unpaired) electrons. The number of hydrogen-bond acceptors (Lipinski definition) is 2. The average molecular weight is 308 g/mol. The van der Waals surface area contributed by atoms with E-state index in [1.807, 2.05) is 28.7 Å². The lowest BCUT2D eigenvalue weighted by Gasteiger charge is -1.94. The predicted octanol–water partition coefficient (Wildman–Crippen LogP) is 3.14. The minimum Gasteiger partial charge on any atom is -0.392 e. The zero-order valence-corrected chi connectivity index (χ0v) is 9.52. The van der Waals surface area contributed by atoms with Crippen molar-refractivity contribution in [2.24, 2.45) is 0 Å². The van der Waals surface area contributed by atoms with Crippen LogP contribution in [0.4, 0.5) is 4.39 Å². The molecule has 2 rings (SSSR count). The number of aliphatic hydroxyl groups is 1. The maximum absolute atomic E-state index is 13.3. The molecule has 1 nitrogen and oxygen atoms in total. The molecule has 4 heteroatoms. The van der Waals surface area contributed by atoms with E-state index >= 15 is 0 Å². The minimum absolute atomic E-state index is 0.00599. The second-order valence-corrected chi connectivity index (χ2v) is 5.54. The van der Waals surface area contributed by atoms with Crippen LogP contribution in [-0.2, 0) is 6.61 Å². The predicted molar refractivity (Wildman–Crippen MR) is 60.4 cm³/mol. The molecule has 1 aromatic heterocycles. The van der Waals surface area contributed by atoms with Crippen molar-refractivity contribution in [3.63, 3.8) is 0 Å². The van der Waals surface area contributed by atoms with Gasteiger partial charge in [-0.15, -0.1) is 11.3 Å². The second kappa shape index (κ2) is 3.51. The van der Waals surface area contributed by atoms with Gasteiger partial charge in [0, 0.05) is 10.1 Å². The zero-order valence-electron chi connectivity index (χ0n) is 6.55. The van der Waals surface area contributed by atoms with E-state index < -0.39 is 0 Å². The molecular weight excluding hydrogens is 302 g/mol. The third kappa shape index (κ3) is 1.58. The molecule has 13 heavy (non-hydrogen) atoms. The molecule has 0 bridgehead atoms. The average Bonchev–Trinajstić information content (AvgIpc) is 2.42. The van der Waals surface area contributed by atoms with Crippen molar-refractivity contribution in [1.29, 1.82) is 0 Å². The van der Waals surface area contributed by atoms with Crippen molar-refractivity contribution in [2.45, 2.75) is 6.61 Å². The van der Waals surface area contributed by atoms with Gasteiger partial charge in [0.1, 0.15) is 2.88 Å². The van der Waals surface area contributed by atoms with Gasteiger partial charge < -0.3 is 5.11 Å². The molecule has 0 unspecified atom stereocenters. The number of benzene rings is 1. The Labute approximate surface area is 92.3 Å². The standard InChI is InChI=1S/C9H6FIOS/c10-8-6-2-1-5(4-12)3-7(6)13-9(8)11/h1-3,12H,4H2. The highest BCUT2D eigenvalue weighted by molar-refractivity contribution is 14.1. The Balaban J connectivity index is 2.73. The summed E-state index contributed by atoms with van der Waals surface area (Å²) in [6.45, 7) is 0.00599. The number of hydrogen-bond donors (Lipinski definition) is 1. The van der Waals surface area contributed by atoms with Gasteiger partial charge in [-0.3, -0.25) is 0 Å². The fourth-order valence-electron chi connectivity index (χ4n) is 1.18. The van der Waals surface area contributed by atoms with Crippen molar-refractivity contribution >= 4 is 44.0 Å². The van der Waals surface area contributed by atoms with Crippen LogP contribution in [0.2, 0.25) is 0 Å². The van der Waals surface area contributed by atoms with E-state index in [2.05, 4.69) is 0 Å². The SMILES string of the molecule is OCc1ccc2c(F)c(I)sc2c1. The lowest BCUT2D eigenvalue weighted by atomic mass is 10.2. The van der Waals surface area contributed by atoms with E-state index in [1.54, 1.807) is 12.1 Å². The molecule has 0 atom stereocenters. The van der Waals surface area contributed by atoms with Gasteiger partial charge in [-0.2, -0.15) is 0 Å². The summed E-state index contributed by atoms with van der Waals surface area (Å²) in [4.78, 5) is 0. The molecule has 0 aliphatic rings. The molecule has 0 spiro atoms. The molecule has 0 aliphatic heterocycles. The molecule has 0 saturated heterocycles.